The Bertz CT molecular complexity index is 1260. The summed E-state index contributed by atoms with van der Waals surface area (Å²) in [5, 5.41) is 4.14. The van der Waals surface area contributed by atoms with Crippen LogP contribution in [0.3, 0.4) is 0 Å². The number of anilines is 1. The molecule has 7 heteroatoms. The van der Waals surface area contributed by atoms with Gasteiger partial charge in [0.1, 0.15) is 5.75 Å². The first kappa shape index (κ1) is 24.0. The van der Waals surface area contributed by atoms with E-state index in [4.69, 9.17) is 4.74 Å². The number of hydrazone groups is 1. The summed E-state index contributed by atoms with van der Waals surface area (Å²) in [4.78, 5) is 26.2. The van der Waals surface area contributed by atoms with Crippen molar-refractivity contribution in [2.24, 2.45) is 5.10 Å². The third-order valence-corrected chi connectivity index (χ3v) is 6.53. The molecule has 180 valence electrons. The smallest absolute Gasteiger partial charge is 0.337 e. The highest BCUT2D eigenvalue weighted by Gasteiger charge is 2.42. The molecule has 0 spiro atoms. The third-order valence-electron chi connectivity index (χ3n) is 6.53. The minimum atomic E-state index is -0.451. The minimum absolute atomic E-state index is 0.267. The Morgan fingerprint density at radius 3 is 2.54 bits per heavy atom. The number of carbonyl (C=O) groups excluding carboxylic acids is 2. The second-order valence-corrected chi connectivity index (χ2v) is 8.71. The number of methoxy groups -OCH3 is 2. The van der Waals surface area contributed by atoms with Crippen molar-refractivity contribution in [1.82, 2.24) is 5.43 Å². The molecule has 0 fully saturated rings. The van der Waals surface area contributed by atoms with Crippen molar-refractivity contribution in [2.75, 3.05) is 26.2 Å². The number of esters is 1. The second kappa shape index (κ2) is 10.0. The first-order chi connectivity index (χ1) is 16.9. The van der Waals surface area contributed by atoms with E-state index in [1.54, 1.807) is 37.6 Å². The van der Waals surface area contributed by atoms with Crippen LogP contribution >= 0.6 is 0 Å². The quantitative estimate of drug-likeness (QED) is 0.358. The van der Waals surface area contributed by atoms with Crippen LogP contribution in [0.25, 0.3) is 0 Å². The van der Waals surface area contributed by atoms with E-state index < -0.39 is 5.97 Å². The fraction of sp³-hybridized carbons (Fsp3) is 0.250. The topological polar surface area (TPSA) is 80.2 Å². The molecule has 2 aromatic rings. The average molecular weight is 472 g/mol. The summed E-state index contributed by atoms with van der Waals surface area (Å²) in [5.41, 5.74) is 7.73. The van der Waals surface area contributed by atoms with Gasteiger partial charge in [-0.3, -0.25) is 4.79 Å². The molecule has 2 aliphatic rings. The van der Waals surface area contributed by atoms with E-state index in [1.807, 2.05) is 25.3 Å². The number of allylic oxidation sites excluding steroid dienone is 6. The van der Waals surface area contributed by atoms with Crippen molar-refractivity contribution in [1.29, 1.82) is 0 Å². The number of nitrogens with one attached hydrogen (secondary N) is 1. The zero-order valence-corrected chi connectivity index (χ0v) is 20.4. The molecule has 1 aliphatic carbocycles. The lowest BCUT2D eigenvalue weighted by atomic mass is 9.76. The standard InChI is InChI=1S/C28H29N3O4/c1-28(18-19-7-5-6-8-19)23-14-13-22(34-3)17-24(23)31(2)25(28)15-16-29-30-26(32)20-9-11-21(12-10-20)27(33)35-4/h5,7-17H,6,18H2,1-4H3,(H,30,32)/b25-15-,29-16+. The fourth-order valence-corrected chi connectivity index (χ4v) is 4.69. The maximum Gasteiger partial charge on any atom is 0.337 e. The third kappa shape index (κ3) is 4.75. The van der Waals surface area contributed by atoms with Crippen molar-refractivity contribution in [3.05, 3.63) is 94.7 Å². The van der Waals surface area contributed by atoms with Crippen molar-refractivity contribution in [3.8, 4) is 5.75 Å². The molecule has 0 saturated carbocycles. The highest BCUT2D eigenvalue weighted by molar-refractivity contribution is 5.96. The van der Waals surface area contributed by atoms with Crippen molar-refractivity contribution in [3.63, 3.8) is 0 Å². The Morgan fingerprint density at radius 1 is 1.14 bits per heavy atom. The zero-order chi connectivity index (χ0) is 25.0. The number of rotatable bonds is 7. The van der Waals surface area contributed by atoms with Crippen LogP contribution in [-0.4, -0.2) is 39.4 Å². The van der Waals surface area contributed by atoms with Crippen LogP contribution in [0.15, 0.2) is 83.1 Å². The van der Waals surface area contributed by atoms with E-state index in [9.17, 15) is 9.59 Å². The van der Waals surface area contributed by atoms with Gasteiger partial charge in [0.2, 0.25) is 0 Å². The number of fused-ring (bicyclic) bond motifs is 1. The Balaban J connectivity index is 1.55. The number of hydrogen-bond acceptors (Lipinski definition) is 6. The van der Waals surface area contributed by atoms with Gasteiger partial charge in [-0.2, -0.15) is 5.10 Å². The number of benzene rings is 2. The Morgan fingerprint density at radius 2 is 1.89 bits per heavy atom. The summed E-state index contributed by atoms with van der Waals surface area (Å²) in [6.45, 7) is 2.23. The highest BCUT2D eigenvalue weighted by Crippen LogP contribution is 2.51. The molecular formula is C28H29N3O4. The molecule has 7 nitrogen and oxygen atoms in total. The molecule has 2 aromatic carbocycles. The summed E-state index contributed by atoms with van der Waals surface area (Å²) >= 11 is 0. The SMILES string of the molecule is COC(=O)c1ccc(C(=O)N/N=C/C=C2\N(C)c3cc(OC)ccc3C2(C)CC2=CCC=C2)cc1. The maximum atomic E-state index is 12.5. The first-order valence-corrected chi connectivity index (χ1v) is 11.4. The predicted octanol–water partition coefficient (Wildman–Crippen LogP) is 4.77. The molecule has 0 bridgehead atoms. The van der Waals surface area contributed by atoms with Crippen LogP contribution in [-0.2, 0) is 10.2 Å². The number of hydrogen-bond donors (Lipinski definition) is 1. The molecule has 1 N–H and O–H groups in total. The lowest BCUT2D eigenvalue weighted by molar-refractivity contribution is 0.0600. The lowest BCUT2D eigenvalue weighted by Gasteiger charge is -2.29. The van der Waals surface area contributed by atoms with Gasteiger partial charge in [0.05, 0.1) is 19.8 Å². The first-order valence-electron chi connectivity index (χ1n) is 11.4. The normalized spacial score (nSPS) is 19.7. The van der Waals surface area contributed by atoms with Gasteiger partial charge in [-0.05, 0) is 61.7 Å². The van der Waals surface area contributed by atoms with Gasteiger partial charge in [0.15, 0.2) is 0 Å². The minimum Gasteiger partial charge on any atom is -0.497 e. The maximum absolute atomic E-state index is 12.5. The molecule has 1 aliphatic heterocycles. The van der Waals surface area contributed by atoms with Crippen molar-refractivity contribution < 1.29 is 19.1 Å². The second-order valence-electron chi connectivity index (χ2n) is 8.71. The highest BCUT2D eigenvalue weighted by atomic mass is 16.5. The largest absolute Gasteiger partial charge is 0.497 e. The zero-order valence-electron chi connectivity index (χ0n) is 20.4. The molecule has 0 saturated heterocycles. The van der Waals surface area contributed by atoms with Crippen LogP contribution < -0.4 is 15.1 Å². The van der Waals surface area contributed by atoms with E-state index in [0.29, 0.717) is 11.1 Å². The lowest BCUT2D eigenvalue weighted by Crippen LogP contribution is -2.27. The Labute approximate surface area is 205 Å². The molecule has 1 unspecified atom stereocenters. The summed E-state index contributed by atoms with van der Waals surface area (Å²) in [5.74, 6) is -0.0148. The molecule has 0 radical (unpaired) electrons. The molecule has 0 aromatic heterocycles. The van der Waals surface area contributed by atoms with Gasteiger partial charge in [-0.1, -0.05) is 29.9 Å². The van der Waals surface area contributed by atoms with Crippen molar-refractivity contribution >= 4 is 23.8 Å². The predicted molar refractivity (Wildman–Crippen MR) is 137 cm³/mol. The van der Waals surface area contributed by atoms with Gasteiger partial charge in [0.25, 0.3) is 5.91 Å². The number of ether oxygens (including phenoxy) is 2. The Kier molecular flexibility index (Phi) is 6.87. The summed E-state index contributed by atoms with van der Waals surface area (Å²) in [6.07, 6.45) is 12.0. The summed E-state index contributed by atoms with van der Waals surface area (Å²) in [6, 6.07) is 12.4. The van der Waals surface area contributed by atoms with Crippen LogP contribution in [0.1, 0.15) is 46.0 Å². The van der Waals surface area contributed by atoms with E-state index in [-0.39, 0.29) is 11.3 Å². The van der Waals surface area contributed by atoms with Crippen LogP contribution in [0.4, 0.5) is 5.69 Å². The molecule has 4 rings (SSSR count). The fourth-order valence-electron chi connectivity index (χ4n) is 4.69. The number of likely N-dealkylation sites (N-methyl/N-ethyl adjacent to an activating group) is 1. The van der Waals surface area contributed by atoms with Crippen LogP contribution in [0.2, 0.25) is 0 Å². The number of carbonyl (C=O) groups is 2. The summed E-state index contributed by atoms with van der Waals surface area (Å²) in [7, 11) is 5.01. The number of nitrogens with zero attached hydrogens (tertiary/aromatic N) is 2. The molecule has 1 heterocycles. The monoisotopic (exact) mass is 471 g/mol. The van der Waals surface area contributed by atoms with E-state index in [1.165, 1.54) is 18.2 Å². The van der Waals surface area contributed by atoms with Crippen LogP contribution in [0, 0.1) is 0 Å². The molecule has 1 atom stereocenters. The average Bonchev–Trinajstić information content (AvgIpc) is 3.46. The van der Waals surface area contributed by atoms with Gasteiger partial charge >= 0.3 is 5.97 Å². The van der Waals surface area contributed by atoms with Gasteiger partial charge < -0.3 is 14.4 Å². The van der Waals surface area contributed by atoms with Gasteiger partial charge in [-0.25, -0.2) is 10.2 Å². The van der Waals surface area contributed by atoms with Crippen LogP contribution in [0.5, 0.6) is 5.75 Å². The Hall–Kier alpha value is -4.13. The van der Waals surface area contributed by atoms with Gasteiger partial charge in [-0.15, -0.1) is 0 Å². The summed E-state index contributed by atoms with van der Waals surface area (Å²) < 4.78 is 10.1. The molecule has 1 amide bonds. The van der Waals surface area contributed by atoms with Gasteiger partial charge in [0, 0.05) is 41.7 Å². The molecule has 35 heavy (non-hydrogen) atoms. The van der Waals surface area contributed by atoms with E-state index >= 15 is 0 Å². The van der Waals surface area contributed by atoms with E-state index in [0.717, 1.165) is 30.0 Å². The van der Waals surface area contributed by atoms with Crippen molar-refractivity contribution in [2.45, 2.75) is 25.2 Å². The van der Waals surface area contributed by atoms with E-state index in [2.05, 4.69) is 51.4 Å². The number of amides is 1. The molecular weight excluding hydrogens is 442 g/mol.